The molecule has 9 rings (SSSR count). The third-order valence-electron chi connectivity index (χ3n) is 18.3. The fourth-order valence-corrected chi connectivity index (χ4v) is 12.2. The minimum atomic E-state index is -2.26. The summed E-state index contributed by atoms with van der Waals surface area (Å²) in [4.78, 5) is 79.4. The van der Waals surface area contributed by atoms with Gasteiger partial charge in [0, 0.05) is 12.3 Å². The first-order valence-corrected chi connectivity index (χ1v) is 32.8. The van der Waals surface area contributed by atoms with Gasteiger partial charge in [-0.3, -0.25) is 29.2 Å². The second-order valence-electron chi connectivity index (χ2n) is 25.3. The standard InChI is InChI=1S/C66H89N11O25/c1-30(34-10-6-3-7-11-34)44(67)59(93)73-38(58(92)75-45(47(82)39-21-70-65(68)74-39)61(95)76-46(60(94)72-35(23-78)24-79)48(83)40-22-71-66(69)77(40)62-54(89)51(86)49(84)41(25-80)99-62)20-31-12-18-37(19-13-31)98-63-56(91)53(88)57(42(26-81)100-63)102-64-55(90)52(87)50(85)43(101-64)29-96-27-33-14-16-36(17-15-33)97-28-32-8-4-2-5-9-32/h2-19,23,30,35,38-57,62-64,79-91H,20-22,24-29,67H2,1H3,(H2,69,71)(H,72,94)(H,73,93)(H,75,92)(H,76,95)(H3,68,70,74). The molecule has 24 N–H and O–H groups in total. The molecule has 5 heterocycles. The van der Waals surface area contributed by atoms with Gasteiger partial charge in [-0.1, -0.05) is 91.9 Å². The third kappa shape index (κ3) is 18.8. The maximum absolute atomic E-state index is 15.0. The molecular weight excluding hydrogens is 1350 g/mol. The van der Waals surface area contributed by atoms with Crippen LogP contribution in [0.15, 0.2) is 119 Å². The zero-order chi connectivity index (χ0) is 73.6. The normalized spacial score (nSPS) is 30.3. The molecule has 0 saturated carbocycles. The summed E-state index contributed by atoms with van der Waals surface area (Å²) >= 11 is 0. The Bertz CT molecular complexity index is 3450. The maximum Gasteiger partial charge on any atom is 0.246 e. The molecular formula is C66H89N11O25. The number of benzene rings is 4. The number of nitrogens with one attached hydrogen (secondary N) is 5. The Labute approximate surface area is 583 Å². The number of nitrogens with zero attached hydrogens (tertiary/aromatic N) is 3. The average molecular weight is 1440 g/mol. The van der Waals surface area contributed by atoms with E-state index in [1.807, 2.05) is 30.3 Å². The first-order chi connectivity index (χ1) is 48.8. The molecule has 5 aliphatic heterocycles. The van der Waals surface area contributed by atoms with Crippen LogP contribution in [0.25, 0.3) is 0 Å². The van der Waals surface area contributed by atoms with E-state index in [9.17, 15) is 85.6 Å². The number of aliphatic hydroxyl groups excluding tert-OH is 13. The molecule has 0 spiro atoms. The predicted molar refractivity (Wildman–Crippen MR) is 352 cm³/mol. The van der Waals surface area contributed by atoms with Crippen molar-refractivity contribution < 1.29 is 124 Å². The molecule has 36 nitrogen and oxygen atoms in total. The fourth-order valence-electron chi connectivity index (χ4n) is 12.2. The van der Waals surface area contributed by atoms with Gasteiger partial charge >= 0.3 is 0 Å². The number of hydrogen-bond donors (Lipinski definition) is 21. The Morgan fingerprint density at radius 2 is 1.20 bits per heavy atom. The Morgan fingerprint density at radius 1 is 0.618 bits per heavy atom. The van der Waals surface area contributed by atoms with Crippen molar-refractivity contribution in [3.63, 3.8) is 0 Å². The smallest absolute Gasteiger partial charge is 0.246 e. The quantitative estimate of drug-likeness (QED) is 0.0202. The second-order valence-corrected chi connectivity index (χ2v) is 25.3. The summed E-state index contributed by atoms with van der Waals surface area (Å²) in [6.45, 7) is -1.79. The monoisotopic (exact) mass is 1440 g/mol. The lowest BCUT2D eigenvalue weighted by atomic mass is 9.93. The van der Waals surface area contributed by atoms with Crippen molar-refractivity contribution in [2.75, 3.05) is 39.5 Å². The van der Waals surface area contributed by atoms with E-state index in [1.165, 1.54) is 24.3 Å². The zero-order valence-electron chi connectivity index (χ0n) is 55.1. The van der Waals surface area contributed by atoms with Crippen LogP contribution in [0.2, 0.25) is 0 Å². The van der Waals surface area contributed by atoms with Crippen molar-refractivity contribution in [2.24, 2.45) is 27.2 Å². The lowest BCUT2D eigenvalue weighted by Gasteiger charge is -2.46. The second kappa shape index (κ2) is 35.8. The van der Waals surface area contributed by atoms with Gasteiger partial charge in [0.1, 0.15) is 134 Å². The molecule has 0 bridgehead atoms. The van der Waals surface area contributed by atoms with E-state index in [2.05, 4.69) is 36.6 Å². The number of carbonyl (C=O) groups excluding carboxylic acids is 5. The number of rotatable bonds is 32. The predicted octanol–water partition coefficient (Wildman–Crippen LogP) is -8.90. The zero-order valence-corrected chi connectivity index (χ0v) is 55.1. The molecule has 5 aliphatic rings. The number of aliphatic imine (C=N–C) groups is 2. The van der Waals surface area contributed by atoms with Crippen LogP contribution in [0.5, 0.6) is 11.5 Å². The Morgan fingerprint density at radius 3 is 1.83 bits per heavy atom. The van der Waals surface area contributed by atoms with Crippen LogP contribution in [0.1, 0.15) is 35.1 Å². The van der Waals surface area contributed by atoms with Crippen molar-refractivity contribution in [3.05, 3.63) is 131 Å². The Kier molecular flexibility index (Phi) is 27.4. The summed E-state index contributed by atoms with van der Waals surface area (Å²) < 4.78 is 40.9. The van der Waals surface area contributed by atoms with Gasteiger partial charge < -0.3 is 153 Å². The third-order valence-corrected chi connectivity index (χ3v) is 18.3. The number of aldehydes is 1. The van der Waals surface area contributed by atoms with Crippen LogP contribution in [0.3, 0.4) is 0 Å². The highest BCUT2D eigenvalue weighted by Gasteiger charge is 2.54. The number of hydrogen-bond acceptors (Lipinski definition) is 32. The van der Waals surface area contributed by atoms with Gasteiger partial charge in [0.25, 0.3) is 0 Å². The van der Waals surface area contributed by atoms with E-state index in [4.69, 9.17) is 50.4 Å². The van der Waals surface area contributed by atoms with Crippen LogP contribution in [-0.4, -0.2) is 299 Å². The number of carbonyl (C=O) groups is 5. The highest BCUT2D eigenvalue weighted by Crippen LogP contribution is 2.33. The average Bonchev–Trinajstić information content (AvgIpc) is 1.41. The molecule has 25 atom stereocenters. The summed E-state index contributed by atoms with van der Waals surface area (Å²) in [5.41, 5.74) is 21.3. The van der Waals surface area contributed by atoms with Gasteiger partial charge in [0.05, 0.1) is 64.2 Å². The van der Waals surface area contributed by atoms with Gasteiger partial charge in [-0.25, -0.2) is 0 Å². The lowest BCUT2D eigenvalue weighted by molar-refractivity contribution is -0.353. The number of guanidine groups is 2. The van der Waals surface area contributed by atoms with Crippen LogP contribution in [0, 0.1) is 0 Å². The van der Waals surface area contributed by atoms with Crippen LogP contribution in [-0.2, 0) is 67.3 Å². The Hall–Kier alpha value is -8.19. The summed E-state index contributed by atoms with van der Waals surface area (Å²) in [6.07, 6.45) is -30.9. The van der Waals surface area contributed by atoms with Crippen molar-refractivity contribution >= 4 is 41.8 Å². The van der Waals surface area contributed by atoms with E-state index >= 15 is 4.79 Å². The van der Waals surface area contributed by atoms with Crippen molar-refractivity contribution in [2.45, 2.75) is 179 Å². The number of aliphatic hydroxyl groups is 13. The molecule has 0 radical (unpaired) electrons. The molecule has 4 aromatic carbocycles. The summed E-state index contributed by atoms with van der Waals surface area (Å²) in [7, 11) is 0. The van der Waals surface area contributed by atoms with E-state index in [0.717, 1.165) is 16.0 Å². The molecule has 4 amide bonds. The van der Waals surface area contributed by atoms with Gasteiger partial charge in [0.2, 0.25) is 29.9 Å². The molecule has 558 valence electrons. The molecule has 3 fully saturated rings. The maximum atomic E-state index is 15.0. The Balaban J connectivity index is 0.897. The summed E-state index contributed by atoms with van der Waals surface area (Å²) in [5, 5.41) is 155. The van der Waals surface area contributed by atoms with Gasteiger partial charge in [-0.05, 0) is 46.5 Å². The molecule has 3 saturated heterocycles. The van der Waals surface area contributed by atoms with E-state index in [1.54, 1.807) is 61.5 Å². The van der Waals surface area contributed by atoms with E-state index in [-0.39, 0.29) is 43.3 Å². The van der Waals surface area contributed by atoms with Gasteiger partial charge in [-0.15, -0.1) is 0 Å². The SMILES string of the molecule is CC(c1ccccc1)C(N)C(=O)NC(Cc1ccc(OC2OC(CO)C(OC3OC(COCc4ccc(OCc5ccccc5)cc4)C(O)C(O)C3O)C(O)C2O)cc1)C(=O)NC(C(=O)NC(C(=O)NC(C=O)CO)C(O)C1CN=C(N)N1C1OC(CO)C(O)C(O)C1O)C(O)C1CN=C(N)N1. The van der Waals surface area contributed by atoms with Crippen molar-refractivity contribution in [1.82, 2.24) is 31.5 Å². The molecule has 0 aromatic heterocycles. The molecule has 4 aromatic rings. The topological polar surface area (TPSA) is 579 Å². The van der Waals surface area contributed by atoms with Gasteiger partial charge in [0.15, 0.2) is 24.4 Å². The number of ether oxygens (including phenoxy) is 7. The fraction of sp³-hybridized carbons (Fsp3) is 0.530. The largest absolute Gasteiger partial charge is 0.489 e. The van der Waals surface area contributed by atoms with Crippen molar-refractivity contribution in [1.29, 1.82) is 0 Å². The minimum Gasteiger partial charge on any atom is -0.489 e. The van der Waals surface area contributed by atoms with Crippen molar-refractivity contribution in [3.8, 4) is 11.5 Å². The van der Waals surface area contributed by atoms with Crippen LogP contribution >= 0.6 is 0 Å². The number of nitrogens with two attached hydrogens (primary N) is 3. The minimum absolute atomic E-state index is 0.0370. The summed E-state index contributed by atoms with van der Waals surface area (Å²) in [5.74, 6) is -5.57. The van der Waals surface area contributed by atoms with Crippen LogP contribution in [0.4, 0.5) is 0 Å². The first-order valence-electron chi connectivity index (χ1n) is 32.8. The van der Waals surface area contributed by atoms with E-state index in [0.29, 0.717) is 17.9 Å². The molecule has 25 unspecified atom stereocenters. The highest BCUT2D eigenvalue weighted by atomic mass is 16.7. The molecule has 36 heteroatoms. The lowest BCUT2D eigenvalue weighted by Crippen LogP contribution is -2.70. The van der Waals surface area contributed by atoms with E-state index < -0.39 is 215 Å². The number of amides is 4. The van der Waals surface area contributed by atoms with Gasteiger partial charge in [-0.2, -0.15) is 0 Å². The molecule has 0 aliphatic carbocycles. The van der Waals surface area contributed by atoms with Crippen LogP contribution < -0.4 is 53.3 Å². The first kappa shape index (κ1) is 78.0. The summed E-state index contributed by atoms with van der Waals surface area (Å²) in [6, 6.07) is 18.8. The highest BCUT2D eigenvalue weighted by molar-refractivity contribution is 5.96. The molecule has 102 heavy (non-hydrogen) atoms.